The topological polar surface area (TPSA) is 47.7 Å². The van der Waals surface area contributed by atoms with Gasteiger partial charge in [0, 0.05) is 13.1 Å². The van der Waals surface area contributed by atoms with E-state index in [9.17, 15) is 0 Å². The molecule has 1 heterocycles. The largest absolute Gasteiger partial charge is 0.491 e. The molecule has 2 atom stereocenters. The Bertz CT molecular complexity index is 480. The van der Waals surface area contributed by atoms with Gasteiger partial charge in [0.1, 0.15) is 5.75 Å². The normalized spacial score (nSPS) is 22.5. The number of nitrogens with two attached hydrogens (primary N) is 1. The molecule has 1 saturated heterocycles. The molecule has 0 spiro atoms. The zero-order chi connectivity index (χ0) is 16.8. The van der Waals surface area contributed by atoms with Gasteiger partial charge in [-0.05, 0) is 56.8 Å². The summed E-state index contributed by atoms with van der Waals surface area (Å²) in [6.07, 6.45) is 2.87. The minimum absolute atomic E-state index is 0.340. The predicted molar refractivity (Wildman–Crippen MR) is 96.0 cm³/mol. The summed E-state index contributed by atoms with van der Waals surface area (Å²) in [5.41, 5.74) is 8.14. The summed E-state index contributed by atoms with van der Waals surface area (Å²) in [5, 5.41) is 0. The second-order valence-corrected chi connectivity index (χ2v) is 7.20. The van der Waals surface area contributed by atoms with Gasteiger partial charge in [-0.2, -0.15) is 0 Å². The maximum absolute atomic E-state index is 6.11. The van der Waals surface area contributed by atoms with Crippen LogP contribution in [0.4, 0.5) is 5.69 Å². The van der Waals surface area contributed by atoms with Gasteiger partial charge in [-0.25, -0.2) is 0 Å². The fourth-order valence-corrected chi connectivity index (χ4v) is 3.12. The van der Waals surface area contributed by atoms with E-state index >= 15 is 0 Å². The Labute approximate surface area is 140 Å². The van der Waals surface area contributed by atoms with Crippen LogP contribution < -0.4 is 10.5 Å². The third-order valence-electron chi connectivity index (χ3n) is 4.08. The number of anilines is 1. The Balaban J connectivity index is 1.78. The number of rotatable bonds is 7. The van der Waals surface area contributed by atoms with E-state index in [-0.39, 0.29) is 0 Å². The van der Waals surface area contributed by atoms with Gasteiger partial charge in [-0.1, -0.05) is 19.9 Å². The summed E-state index contributed by atoms with van der Waals surface area (Å²) in [6, 6.07) is 6.20. The van der Waals surface area contributed by atoms with Gasteiger partial charge < -0.3 is 15.2 Å². The summed E-state index contributed by atoms with van der Waals surface area (Å²) in [4.78, 5) is 2.50. The van der Waals surface area contributed by atoms with Crippen LogP contribution in [-0.4, -0.2) is 43.3 Å². The number of hydrogen-bond acceptors (Lipinski definition) is 4. The minimum Gasteiger partial charge on any atom is -0.491 e. The minimum atomic E-state index is 0.340. The molecule has 2 rings (SSSR count). The van der Waals surface area contributed by atoms with Crippen molar-refractivity contribution in [3.8, 4) is 5.75 Å². The van der Waals surface area contributed by atoms with Crippen LogP contribution in [0.3, 0.4) is 0 Å². The molecule has 130 valence electrons. The average molecular weight is 320 g/mol. The molecule has 0 radical (unpaired) electrons. The van der Waals surface area contributed by atoms with E-state index in [0.29, 0.717) is 24.7 Å². The lowest BCUT2D eigenvalue weighted by molar-refractivity contribution is -0.0680. The van der Waals surface area contributed by atoms with Crippen LogP contribution in [0.25, 0.3) is 0 Å². The smallest absolute Gasteiger partial charge is 0.142 e. The molecule has 0 saturated carbocycles. The van der Waals surface area contributed by atoms with E-state index in [4.69, 9.17) is 15.2 Å². The van der Waals surface area contributed by atoms with Gasteiger partial charge in [-0.3, -0.25) is 4.90 Å². The van der Waals surface area contributed by atoms with Gasteiger partial charge in [0.2, 0.25) is 0 Å². The Morgan fingerprint density at radius 3 is 2.57 bits per heavy atom. The highest BCUT2D eigenvalue weighted by molar-refractivity contribution is 5.54. The van der Waals surface area contributed by atoms with Crippen molar-refractivity contribution in [3.05, 3.63) is 23.8 Å². The summed E-state index contributed by atoms with van der Waals surface area (Å²) in [5.74, 6) is 1.31. The molecule has 1 aliphatic heterocycles. The first-order valence-electron chi connectivity index (χ1n) is 8.83. The maximum Gasteiger partial charge on any atom is 0.142 e. The molecule has 1 aliphatic rings. The highest BCUT2D eigenvalue weighted by Gasteiger charge is 2.21. The highest BCUT2D eigenvalue weighted by Crippen LogP contribution is 2.24. The van der Waals surface area contributed by atoms with Crippen LogP contribution in [0.15, 0.2) is 18.2 Å². The molecule has 4 heteroatoms. The van der Waals surface area contributed by atoms with Crippen molar-refractivity contribution in [1.82, 2.24) is 4.90 Å². The van der Waals surface area contributed by atoms with E-state index in [0.717, 1.165) is 43.9 Å². The molecule has 1 aromatic rings. The van der Waals surface area contributed by atoms with Crippen molar-refractivity contribution in [3.63, 3.8) is 0 Å². The van der Waals surface area contributed by atoms with Crippen molar-refractivity contribution in [2.45, 2.75) is 52.7 Å². The lowest BCUT2D eigenvalue weighted by Gasteiger charge is -2.35. The zero-order valence-corrected chi connectivity index (χ0v) is 15.0. The van der Waals surface area contributed by atoms with Crippen LogP contribution in [0, 0.1) is 5.92 Å². The number of ether oxygens (including phenoxy) is 2. The number of aryl methyl sites for hydroxylation is 1. The van der Waals surface area contributed by atoms with E-state index in [2.05, 4.69) is 44.7 Å². The summed E-state index contributed by atoms with van der Waals surface area (Å²) in [7, 11) is 0. The Morgan fingerprint density at radius 2 is 1.96 bits per heavy atom. The van der Waals surface area contributed by atoms with Gasteiger partial charge in [0.25, 0.3) is 0 Å². The van der Waals surface area contributed by atoms with Crippen molar-refractivity contribution in [2.75, 3.05) is 32.0 Å². The fraction of sp³-hybridized carbons (Fsp3) is 0.684. The van der Waals surface area contributed by atoms with Crippen LogP contribution in [-0.2, 0) is 11.2 Å². The molecule has 23 heavy (non-hydrogen) atoms. The lowest BCUT2D eigenvalue weighted by Crippen LogP contribution is -2.45. The number of morpholine rings is 1. The first-order valence-corrected chi connectivity index (χ1v) is 8.83. The predicted octanol–water partition coefficient (Wildman–Crippen LogP) is 3.35. The zero-order valence-electron chi connectivity index (χ0n) is 15.0. The summed E-state index contributed by atoms with van der Waals surface area (Å²) in [6.45, 7) is 12.5. The number of benzene rings is 1. The maximum atomic E-state index is 6.11. The number of nitrogen functional groups attached to an aromatic ring is 1. The molecule has 4 nitrogen and oxygen atoms in total. The molecule has 0 aromatic heterocycles. The Kier molecular flexibility index (Phi) is 6.72. The van der Waals surface area contributed by atoms with Crippen LogP contribution >= 0.6 is 0 Å². The first kappa shape index (κ1) is 18.1. The highest BCUT2D eigenvalue weighted by atomic mass is 16.5. The molecule has 2 N–H and O–H groups in total. The molecule has 0 bridgehead atoms. The summed E-state index contributed by atoms with van der Waals surface area (Å²) < 4.78 is 11.5. The molecule has 0 aliphatic carbocycles. The number of hydrogen-bond donors (Lipinski definition) is 1. The van der Waals surface area contributed by atoms with Crippen LogP contribution in [0.1, 0.15) is 39.7 Å². The lowest BCUT2D eigenvalue weighted by atomic mass is 10.1. The molecular weight excluding hydrogens is 288 g/mol. The van der Waals surface area contributed by atoms with Gasteiger partial charge >= 0.3 is 0 Å². The van der Waals surface area contributed by atoms with E-state index in [1.165, 1.54) is 5.56 Å². The van der Waals surface area contributed by atoms with Crippen LogP contribution in [0.2, 0.25) is 0 Å². The Hall–Kier alpha value is -1.26. The fourth-order valence-electron chi connectivity index (χ4n) is 3.12. The van der Waals surface area contributed by atoms with Crippen molar-refractivity contribution in [1.29, 1.82) is 0 Å². The molecule has 1 fully saturated rings. The summed E-state index contributed by atoms with van der Waals surface area (Å²) >= 11 is 0. The molecule has 1 aromatic carbocycles. The standard InChI is InChI=1S/C19H32N2O2/c1-14(2)13-22-19-8-7-17(10-18(19)20)6-5-9-21-11-15(3)23-16(4)12-21/h7-8,10,14-16H,5-6,9,11-13,20H2,1-4H3. The second kappa shape index (κ2) is 8.55. The van der Waals surface area contributed by atoms with E-state index in [1.54, 1.807) is 0 Å². The van der Waals surface area contributed by atoms with Crippen LogP contribution in [0.5, 0.6) is 5.75 Å². The van der Waals surface area contributed by atoms with Crippen molar-refractivity contribution >= 4 is 5.69 Å². The second-order valence-electron chi connectivity index (χ2n) is 7.20. The van der Waals surface area contributed by atoms with Gasteiger partial charge in [-0.15, -0.1) is 0 Å². The quantitative estimate of drug-likeness (QED) is 0.783. The molecule has 0 amide bonds. The average Bonchev–Trinajstić information content (AvgIpc) is 2.45. The monoisotopic (exact) mass is 320 g/mol. The molecule has 2 unspecified atom stereocenters. The SMILES string of the molecule is CC(C)COc1ccc(CCCN2CC(C)OC(C)C2)cc1N. The molecular formula is C19H32N2O2. The van der Waals surface area contributed by atoms with Crippen molar-refractivity contribution < 1.29 is 9.47 Å². The third kappa shape index (κ3) is 6.04. The number of nitrogens with zero attached hydrogens (tertiary/aromatic N) is 1. The van der Waals surface area contributed by atoms with E-state index < -0.39 is 0 Å². The third-order valence-corrected chi connectivity index (χ3v) is 4.08. The van der Waals surface area contributed by atoms with Crippen molar-refractivity contribution in [2.24, 2.45) is 5.92 Å². The van der Waals surface area contributed by atoms with Gasteiger partial charge in [0.15, 0.2) is 0 Å². The first-order chi connectivity index (χ1) is 10.9. The Morgan fingerprint density at radius 1 is 1.26 bits per heavy atom. The van der Waals surface area contributed by atoms with Gasteiger partial charge in [0.05, 0.1) is 24.5 Å². The van der Waals surface area contributed by atoms with E-state index in [1.807, 2.05) is 6.07 Å².